The molecular formula is C91H98N14O25. The van der Waals surface area contributed by atoms with Gasteiger partial charge in [-0.15, -0.1) is 5.06 Å². The Hall–Kier alpha value is -15.0. The Morgan fingerprint density at radius 1 is 0.454 bits per heavy atom. The van der Waals surface area contributed by atoms with Gasteiger partial charge in [-0.1, -0.05) is 131 Å². The predicted octanol–water partition coefficient (Wildman–Crippen LogP) is 11.0. The van der Waals surface area contributed by atoms with Gasteiger partial charge in [-0.25, -0.2) is 43.7 Å². The molecule has 39 heteroatoms. The summed E-state index contributed by atoms with van der Waals surface area (Å²) in [6.07, 6.45) is 1.26. The highest BCUT2D eigenvalue weighted by Gasteiger charge is 2.37. The van der Waals surface area contributed by atoms with Crippen molar-refractivity contribution in [3.05, 3.63) is 234 Å². The number of aliphatic hydroxyl groups excluding tert-OH is 2. The van der Waals surface area contributed by atoms with Crippen LogP contribution in [-0.4, -0.2) is 183 Å². The zero-order valence-electron chi connectivity index (χ0n) is 72.5. The number of nitrogens with two attached hydrogens (primary N) is 1. The average Bonchev–Trinajstić information content (AvgIpc) is 1.38. The maximum atomic E-state index is 13.0. The SMILES string of the molecule is CC(C)(C)OC(=O)N[C@@H](CC(=O)ON1C(=O)CCC1=O)C(=O)OCc1ccccc1.CC(C)(C)OC(=O)N[C@@H](Cc1nc(-c2cccc([C@@H]3COc4cccnc4O3)c2)no1)C(=O)OCc1ccccc1.CC(C)(C)OC(=O)N[C@H](CO)Cc1nc(-c2cccc([C@@H]3COc4cccnc4O3)c2)no1.N[C@H](CO)Cc1nc(-c2cccc([C@@H]3COc4cccnc4O3)c2)no1. The number of hydrogen-bond donors (Lipinski definition) is 6. The van der Waals surface area contributed by atoms with E-state index < -0.39 is 95.4 Å². The number of nitrogens with zero attached hydrogens (tertiary/aromatic N) is 10. The maximum absolute atomic E-state index is 13.0. The number of rotatable bonds is 26. The summed E-state index contributed by atoms with van der Waals surface area (Å²) in [7, 11) is 0. The Labute approximate surface area is 745 Å². The summed E-state index contributed by atoms with van der Waals surface area (Å²) < 4.78 is 77.5. The molecule has 11 aromatic rings. The summed E-state index contributed by atoms with van der Waals surface area (Å²) in [5, 5.41) is 38.6. The molecule has 4 aliphatic heterocycles. The van der Waals surface area contributed by atoms with Gasteiger partial charge in [0, 0.05) is 67.0 Å². The molecule has 1 fully saturated rings. The Morgan fingerprint density at radius 2 is 0.823 bits per heavy atom. The molecule has 7 N–H and O–H groups in total. The highest BCUT2D eigenvalue weighted by Crippen LogP contribution is 2.39. The molecular weight excluding hydrogens is 1690 g/mol. The fourth-order valence-electron chi connectivity index (χ4n) is 12.4. The van der Waals surface area contributed by atoms with Crippen LogP contribution in [-0.2, 0) is 85.0 Å². The third-order valence-corrected chi connectivity index (χ3v) is 18.5. The molecule has 39 nitrogen and oxygen atoms in total. The molecule has 6 aromatic heterocycles. The topological polar surface area (TPSA) is 509 Å². The lowest BCUT2D eigenvalue weighted by Crippen LogP contribution is -2.46. The molecule has 0 saturated carbocycles. The number of nitrogens with one attached hydrogen (secondary N) is 3. The second-order valence-electron chi connectivity index (χ2n) is 32.5. The third-order valence-electron chi connectivity index (χ3n) is 18.5. The van der Waals surface area contributed by atoms with Gasteiger partial charge in [-0.2, -0.15) is 15.0 Å². The van der Waals surface area contributed by atoms with Crippen molar-refractivity contribution in [2.75, 3.05) is 33.0 Å². The highest BCUT2D eigenvalue weighted by atomic mass is 16.7. The Kier molecular flexibility index (Phi) is 31.8. The number of ether oxygens (including phenoxy) is 11. The summed E-state index contributed by atoms with van der Waals surface area (Å²) in [5.74, 6) is 1.25. The molecule has 5 aromatic carbocycles. The van der Waals surface area contributed by atoms with Gasteiger partial charge >= 0.3 is 36.2 Å². The number of fused-ring (bicyclic) bond motifs is 3. The molecule has 4 aliphatic rings. The number of imide groups is 1. The molecule has 130 heavy (non-hydrogen) atoms. The van der Waals surface area contributed by atoms with Gasteiger partial charge in [0.05, 0.1) is 32.1 Å². The third kappa shape index (κ3) is 28.3. The quantitative estimate of drug-likeness (QED) is 0.0167. The van der Waals surface area contributed by atoms with Crippen LogP contribution >= 0.6 is 0 Å². The van der Waals surface area contributed by atoms with Crippen molar-refractivity contribution in [1.29, 1.82) is 0 Å². The smallest absolute Gasteiger partial charge is 0.408 e. The van der Waals surface area contributed by atoms with Crippen LogP contribution in [0.15, 0.2) is 202 Å². The van der Waals surface area contributed by atoms with E-state index in [1.807, 2.05) is 115 Å². The normalized spacial score (nSPS) is 15.7. The van der Waals surface area contributed by atoms with Crippen LogP contribution in [0, 0.1) is 0 Å². The first-order valence-corrected chi connectivity index (χ1v) is 41.3. The minimum Gasteiger partial charge on any atom is -0.484 e. The van der Waals surface area contributed by atoms with E-state index in [9.17, 15) is 43.5 Å². The fraction of sp³-hybridized carbons (Fsp3) is 0.352. The van der Waals surface area contributed by atoms with Crippen molar-refractivity contribution in [2.24, 2.45) is 5.73 Å². The molecule has 0 radical (unpaired) electrons. The first-order valence-electron chi connectivity index (χ1n) is 41.3. The van der Waals surface area contributed by atoms with Crippen molar-refractivity contribution in [3.63, 3.8) is 0 Å². The minimum atomic E-state index is -1.44. The number of hydrogen-bond acceptors (Lipinski definition) is 35. The lowest BCUT2D eigenvalue weighted by molar-refractivity contribution is -0.198. The first-order chi connectivity index (χ1) is 62.3. The van der Waals surface area contributed by atoms with E-state index in [-0.39, 0.29) is 82.2 Å². The Bertz CT molecular complexity index is 5660. The minimum absolute atomic E-state index is 0.0427. The van der Waals surface area contributed by atoms with E-state index in [1.54, 1.807) is 136 Å². The van der Waals surface area contributed by atoms with Gasteiger partial charge in [0.15, 0.2) is 35.6 Å². The lowest BCUT2D eigenvalue weighted by atomic mass is 10.1. The predicted molar refractivity (Wildman–Crippen MR) is 456 cm³/mol. The van der Waals surface area contributed by atoms with E-state index in [1.165, 1.54) is 0 Å². The fourth-order valence-corrected chi connectivity index (χ4v) is 12.4. The van der Waals surface area contributed by atoms with Crippen molar-refractivity contribution in [3.8, 4) is 69.1 Å². The number of benzene rings is 5. The molecule has 0 spiro atoms. The number of pyridine rings is 3. The number of amides is 5. The standard InChI is InChI=1S/C30H30N4O7.C23H26N4O6.C20H24N2O8.C18H18N4O4/c1-30(2,3)40-29(36)32-22(28(35)38-17-19-9-5-4-6-10-19)16-25-33-26(34-41-25)21-12-7-11-20(15-21)24-18-37-23-13-8-14-31-27(23)39-24;1-23(2,3)32-22(29)25-16(12-28)11-19-26-20(27-33-19)15-7-4-6-14(10-15)18-13-30-17-8-5-9-24-21(17)31-18;1-20(2,3)29-19(27)21-14(18(26)28-12-13-7-5-4-6-8-13)11-17(25)30-22-15(23)9-10-16(22)24;19-13(9-23)8-16-21-17(22-26-16)12-4-1-3-11(7-12)15-10-24-14-5-2-6-20-18(14)25-15/h4-15,22,24H,16-18H2,1-3H3,(H,32,36);4-10,16,18,28H,11-13H2,1-3H3,(H,25,29);4-8,14H,9-12H2,1-3H3,(H,21,27);1-7,13,15,23H,8-10,19H2/t22-,24-;16-,18-;14-;13-,15-/m0000/s1. The van der Waals surface area contributed by atoms with Crippen LogP contribution in [0.5, 0.6) is 34.9 Å². The first kappa shape index (κ1) is 94.1. The Morgan fingerprint density at radius 3 is 1.21 bits per heavy atom. The zero-order valence-corrected chi connectivity index (χ0v) is 72.5. The number of aromatic nitrogens is 9. The van der Waals surface area contributed by atoms with Crippen molar-refractivity contribution >= 4 is 48.0 Å². The van der Waals surface area contributed by atoms with Crippen LogP contribution in [0.2, 0.25) is 0 Å². The van der Waals surface area contributed by atoms with Crippen molar-refractivity contribution < 1.29 is 119 Å². The molecule has 10 heterocycles. The van der Waals surface area contributed by atoms with E-state index in [2.05, 4.69) is 61.3 Å². The van der Waals surface area contributed by atoms with Gasteiger partial charge in [-0.3, -0.25) is 9.59 Å². The van der Waals surface area contributed by atoms with Gasteiger partial charge in [0.1, 0.15) is 61.9 Å². The Balaban J connectivity index is 0.000000159. The van der Waals surface area contributed by atoms with Gasteiger partial charge in [0.25, 0.3) is 29.5 Å². The van der Waals surface area contributed by atoms with Gasteiger partial charge < -0.3 is 102 Å². The second kappa shape index (κ2) is 44.0. The van der Waals surface area contributed by atoms with E-state index in [4.69, 9.17) is 81.4 Å². The van der Waals surface area contributed by atoms with Crippen LogP contribution in [0.4, 0.5) is 14.4 Å². The van der Waals surface area contributed by atoms with Crippen molar-refractivity contribution in [2.45, 2.75) is 173 Å². The molecule has 0 bridgehead atoms. The summed E-state index contributed by atoms with van der Waals surface area (Å²) in [4.78, 5) is 128. The molecule has 0 aliphatic carbocycles. The summed E-state index contributed by atoms with van der Waals surface area (Å²) in [5.41, 5.74) is 9.85. The summed E-state index contributed by atoms with van der Waals surface area (Å²) in [6.45, 7) is 16.0. The number of alkyl carbamates (subject to hydrolysis) is 3. The highest BCUT2D eigenvalue weighted by molar-refractivity contribution is 6.01. The van der Waals surface area contributed by atoms with Crippen LogP contribution in [0.3, 0.4) is 0 Å². The van der Waals surface area contributed by atoms with Crippen molar-refractivity contribution in [1.82, 2.24) is 66.4 Å². The summed E-state index contributed by atoms with van der Waals surface area (Å²) >= 11 is 0. The molecule has 5 amide bonds. The number of carbonyl (C=O) groups excluding carboxylic acids is 8. The van der Waals surface area contributed by atoms with Gasteiger partial charge in [-0.05, 0) is 145 Å². The number of aliphatic hydroxyl groups is 2. The maximum Gasteiger partial charge on any atom is 0.408 e. The monoisotopic (exact) mass is 1790 g/mol. The number of hydroxylamine groups is 2. The molecule has 682 valence electrons. The van der Waals surface area contributed by atoms with E-state index in [0.29, 0.717) is 101 Å². The number of esters is 2. The van der Waals surface area contributed by atoms with Crippen LogP contribution in [0.1, 0.15) is 145 Å². The lowest BCUT2D eigenvalue weighted by Gasteiger charge is -2.25. The molecule has 1 saturated heterocycles. The molecule has 0 unspecified atom stereocenters. The molecule has 15 rings (SSSR count). The summed E-state index contributed by atoms with van der Waals surface area (Å²) in [6, 6.07) is 48.0. The average molecular weight is 1790 g/mol. The molecule has 7 atom stereocenters. The van der Waals surface area contributed by atoms with E-state index in [0.717, 1.165) is 33.4 Å². The largest absolute Gasteiger partial charge is 0.484 e. The zero-order chi connectivity index (χ0) is 92.5. The van der Waals surface area contributed by atoms with Crippen LogP contribution < -0.4 is 50.1 Å². The second-order valence-corrected chi connectivity index (χ2v) is 32.5. The number of carbonyl (C=O) groups is 8. The van der Waals surface area contributed by atoms with Crippen LogP contribution in [0.25, 0.3) is 34.2 Å². The van der Waals surface area contributed by atoms with Gasteiger partial charge in [0.2, 0.25) is 35.1 Å². The van der Waals surface area contributed by atoms with E-state index >= 15 is 0 Å².